The van der Waals surface area contributed by atoms with E-state index in [1.165, 1.54) is 5.56 Å². The average molecular weight is 219 g/mol. The molecule has 2 rings (SSSR count). The molecule has 0 bridgehead atoms. The van der Waals surface area contributed by atoms with Crippen LogP contribution in [0.5, 0.6) is 0 Å². The number of carboxylic acids is 1. The van der Waals surface area contributed by atoms with Gasteiger partial charge in [-0.15, -0.1) is 0 Å². The Morgan fingerprint density at radius 3 is 2.62 bits per heavy atom. The molecule has 0 saturated carbocycles. The molecule has 1 aromatic rings. The number of nitrogens with zero attached hydrogens (tertiary/aromatic N) is 1. The van der Waals surface area contributed by atoms with Gasteiger partial charge >= 0.3 is 5.97 Å². The Hall–Kier alpha value is -1.35. The van der Waals surface area contributed by atoms with Crippen molar-refractivity contribution in [2.45, 2.75) is 13.5 Å². The fourth-order valence-electron chi connectivity index (χ4n) is 2.36. The summed E-state index contributed by atoms with van der Waals surface area (Å²) in [5.74, 6) is -0.618. The van der Waals surface area contributed by atoms with E-state index >= 15 is 0 Å². The number of likely N-dealkylation sites (tertiary alicyclic amines) is 1. The summed E-state index contributed by atoms with van der Waals surface area (Å²) < 4.78 is 0. The van der Waals surface area contributed by atoms with E-state index in [2.05, 4.69) is 17.0 Å². The average Bonchev–Trinajstić information content (AvgIpc) is 2.61. The Bertz CT molecular complexity index is 363. The molecule has 1 aliphatic heterocycles. The second-order valence-corrected chi connectivity index (χ2v) is 4.60. The van der Waals surface area contributed by atoms with Gasteiger partial charge in [-0.25, -0.2) is 0 Å². The molecule has 1 unspecified atom stereocenters. The lowest BCUT2D eigenvalue weighted by molar-refractivity contribution is -0.142. The molecule has 0 amide bonds. The van der Waals surface area contributed by atoms with Crippen LogP contribution in [0.25, 0.3) is 0 Å². The number of hydrogen-bond donors (Lipinski definition) is 1. The molecule has 3 heteroatoms. The van der Waals surface area contributed by atoms with Crippen LogP contribution in [0.3, 0.4) is 0 Å². The monoisotopic (exact) mass is 219 g/mol. The van der Waals surface area contributed by atoms with E-state index < -0.39 is 5.97 Å². The lowest BCUT2D eigenvalue weighted by Crippen LogP contribution is -2.23. The standard InChI is InChI=1S/C13H17NO2/c1-10-7-14(9-12(10)13(15)16)8-11-5-3-2-4-6-11/h2-6,10,12H,7-9H2,1H3,(H,15,16)/t10-,12?/m0/s1. The van der Waals surface area contributed by atoms with Gasteiger partial charge in [-0.2, -0.15) is 0 Å². The molecule has 0 aromatic heterocycles. The van der Waals surface area contributed by atoms with E-state index in [0.29, 0.717) is 6.54 Å². The molecule has 0 spiro atoms. The quantitative estimate of drug-likeness (QED) is 0.843. The van der Waals surface area contributed by atoms with Crippen LogP contribution in [0, 0.1) is 11.8 Å². The molecule has 1 N–H and O–H groups in total. The maximum atomic E-state index is 11.0. The lowest BCUT2D eigenvalue weighted by atomic mass is 9.99. The van der Waals surface area contributed by atoms with Gasteiger partial charge in [0.05, 0.1) is 5.92 Å². The minimum absolute atomic E-state index is 0.205. The van der Waals surface area contributed by atoms with Gasteiger partial charge in [-0.05, 0) is 11.5 Å². The SMILES string of the molecule is C[C@H]1CN(Cc2ccccc2)CC1C(=O)O. The highest BCUT2D eigenvalue weighted by Gasteiger charge is 2.34. The smallest absolute Gasteiger partial charge is 0.308 e. The van der Waals surface area contributed by atoms with Gasteiger partial charge in [0, 0.05) is 19.6 Å². The third kappa shape index (κ3) is 2.42. The highest BCUT2D eigenvalue weighted by molar-refractivity contribution is 5.71. The molecule has 0 radical (unpaired) electrons. The highest BCUT2D eigenvalue weighted by Crippen LogP contribution is 2.24. The van der Waals surface area contributed by atoms with Crippen molar-refractivity contribution in [1.82, 2.24) is 4.90 Å². The first-order valence-electron chi connectivity index (χ1n) is 5.66. The number of carboxylic acid groups (broad SMARTS) is 1. The van der Waals surface area contributed by atoms with E-state index in [4.69, 9.17) is 5.11 Å². The fraction of sp³-hybridized carbons (Fsp3) is 0.462. The number of rotatable bonds is 3. The van der Waals surface area contributed by atoms with Crippen molar-refractivity contribution in [3.63, 3.8) is 0 Å². The number of benzene rings is 1. The number of aliphatic carboxylic acids is 1. The minimum Gasteiger partial charge on any atom is -0.481 e. The molecule has 3 nitrogen and oxygen atoms in total. The van der Waals surface area contributed by atoms with Crippen molar-refractivity contribution in [1.29, 1.82) is 0 Å². The normalized spacial score (nSPS) is 25.8. The molecule has 16 heavy (non-hydrogen) atoms. The third-order valence-corrected chi connectivity index (χ3v) is 3.25. The van der Waals surface area contributed by atoms with Crippen molar-refractivity contribution in [2.24, 2.45) is 11.8 Å². The van der Waals surface area contributed by atoms with Gasteiger partial charge in [0.25, 0.3) is 0 Å². The minimum atomic E-state index is -0.664. The van der Waals surface area contributed by atoms with Crippen LogP contribution in [-0.2, 0) is 11.3 Å². The van der Waals surface area contributed by atoms with E-state index in [1.807, 2.05) is 25.1 Å². The zero-order valence-corrected chi connectivity index (χ0v) is 9.47. The zero-order valence-electron chi connectivity index (χ0n) is 9.47. The van der Waals surface area contributed by atoms with Crippen LogP contribution in [0.4, 0.5) is 0 Å². The van der Waals surface area contributed by atoms with Gasteiger partial charge in [0.2, 0.25) is 0 Å². The van der Waals surface area contributed by atoms with Gasteiger partial charge in [-0.3, -0.25) is 9.69 Å². The summed E-state index contributed by atoms with van der Waals surface area (Å²) in [7, 11) is 0. The van der Waals surface area contributed by atoms with Crippen molar-refractivity contribution in [3.05, 3.63) is 35.9 Å². The Kier molecular flexibility index (Phi) is 3.25. The number of carbonyl (C=O) groups is 1. The first-order chi connectivity index (χ1) is 7.66. The van der Waals surface area contributed by atoms with Gasteiger partial charge in [-0.1, -0.05) is 37.3 Å². The second-order valence-electron chi connectivity index (χ2n) is 4.60. The first-order valence-corrected chi connectivity index (χ1v) is 5.66. The molecule has 1 saturated heterocycles. The number of hydrogen-bond acceptors (Lipinski definition) is 2. The van der Waals surface area contributed by atoms with Crippen LogP contribution < -0.4 is 0 Å². The summed E-state index contributed by atoms with van der Waals surface area (Å²) in [5, 5.41) is 9.04. The van der Waals surface area contributed by atoms with Gasteiger partial charge in [0.1, 0.15) is 0 Å². The van der Waals surface area contributed by atoms with Crippen molar-refractivity contribution in [3.8, 4) is 0 Å². The Morgan fingerprint density at radius 1 is 1.38 bits per heavy atom. The summed E-state index contributed by atoms with van der Waals surface area (Å²) >= 11 is 0. The summed E-state index contributed by atoms with van der Waals surface area (Å²) in [6, 6.07) is 10.2. The topological polar surface area (TPSA) is 40.5 Å². The van der Waals surface area contributed by atoms with Crippen molar-refractivity contribution in [2.75, 3.05) is 13.1 Å². The van der Waals surface area contributed by atoms with Crippen LogP contribution in [-0.4, -0.2) is 29.1 Å². The molecule has 1 fully saturated rings. The summed E-state index contributed by atoms with van der Waals surface area (Å²) in [6.45, 7) is 4.43. The van der Waals surface area contributed by atoms with E-state index in [-0.39, 0.29) is 11.8 Å². The molecular weight excluding hydrogens is 202 g/mol. The van der Waals surface area contributed by atoms with Gasteiger partial charge in [0.15, 0.2) is 0 Å². The predicted molar refractivity (Wildman–Crippen MR) is 62.0 cm³/mol. The van der Waals surface area contributed by atoms with E-state index in [1.54, 1.807) is 0 Å². The van der Waals surface area contributed by atoms with Crippen molar-refractivity contribution >= 4 is 5.97 Å². The lowest BCUT2D eigenvalue weighted by Gasteiger charge is -2.14. The van der Waals surface area contributed by atoms with E-state index in [9.17, 15) is 4.79 Å². The zero-order chi connectivity index (χ0) is 11.5. The maximum absolute atomic E-state index is 11.0. The highest BCUT2D eigenvalue weighted by atomic mass is 16.4. The van der Waals surface area contributed by atoms with Crippen LogP contribution in [0.2, 0.25) is 0 Å². The Balaban J connectivity index is 1.96. The Labute approximate surface area is 95.7 Å². The second kappa shape index (κ2) is 4.66. The maximum Gasteiger partial charge on any atom is 0.308 e. The Morgan fingerprint density at radius 2 is 2.06 bits per heavy atom. The van der Waals surface area contributed by atoms with E-state index in [0.717, 1.165) is 13.1 Å². The first kappa shape index (κ1) is 11.1. The molecule has 86 valence electrons. The molecular formula is C13H17NO2. The molecule has 1 aromatic carbocycles. The molecule has 0 aliphatic carbocycles. The van der Waals surface area contributed by atoms with Gasteiger partial charge < -0.3 is 5.11 Å². The van der Waals surface area contributed by atoms with Crippen molar-refractivity contribution < 1.29 is 9.90 Å². The molecule has 1 aliphatic rings. The third-order valence-electron chi connectivity index (χ3n) is 3.25. The summed E-state index contributed by atoms with van der Waals surface area (Å²) in [6.07, 6.45) is 0. The summed E-state index contributed by atoms with van der Waals surface area (Å²) in [5.41, 5.74) is 1.25. The van der Waals surface area contributed by atoms with Crippen LogP contribution >= 0.6 is 0 Å². The molecule has 1 heterocycles. The largest absolute Gasteiger partial charge is 0.481 e. The summed E-state index contributed by atoms with van der Waals surface area (Å²) in [4.78, 5) is 13.2. The predicted octanol–water partition coefficient (Wildman–Crippen LogP) is 1.84. The van der Waals surface area contributed by atoms with Crippen LogP contribution in [0.1, 0.15) is 12.5 Å². The van der Waals surface area contributed by atoms with Crippen LogP contribution in [0.15, 0.2) is 30.3 Å². The molecule has 2 atom stereocenters. The fourth-order valence-corrected chi connectivity index (χ4v) is 2.36.